The lowest BCUT2D eigenvalue weighted by Gasteiger charge is -2.19. The second-order valence-electron chi connectivity index (χ2n) is 5.96. The molecule has 23 heavy (non-hydrogen) atoms. The van der Waals surface area contributed by atoms with Gasteiger partial charge in [0.2, 0.25) is 21.7 Å². The van der Waals surface area contributed by atoms with Crippen LogP contribution in [-0.2, 0) is 22.4 Å². The number of nitrogens with zero attached hydrogens (tertiary/aromatic N) is 2. The van der Waals surface area contributed by atoms with Gasteiger partial charge < -0.3 is 9.26 Å². The SMILES string of the molecule is CC(C)(C)NS(=O)(=O)Cc1nc(COc2ccc(Cl)cc2)no1. The third kappa shape index (κ3) is 6.17. The molecule has 0 bridgehead atoms. The van der Waals surface area contributed by atoms with Gasteiger partial charge in [-0.1, -0.05) is 16.8 Å². The number of halogens is 1. The summed E-state index contributed by atoms with van der Waals surface area (Å²) in [5.74, 6) is 0.498. The Hall–Kier alpha value is -1.64. The van der Waals surface area contributed by atoms with E-state index in [1.54, 1.807) is 45.0 Å². The number of hydrogen-bond acceptors (Lipinski definition) is 6. The Balaban J connectivity index is 1.94. The van der Waals surface area contributed by atoms with Gasteiger partial charge in [0, 0.05) is 10.6 Å². The topological polar surface area (TPSA) is 94.3 Å². The summed E-state index contributed by atoms with van der Waals surface area (Å²) in [7, 11) is -3.55. The minimum Gasteiger partial charge on any atom is -0.485 e. The van der Waals surface area contributed by atoms with Crippen LogP contribution in [0.2, 0.25) is 5.02 Å². The van der Waals surface area contributed by atoms with Crippen LogP contribution < -0.4 is 9.46 Å². The molecule has 2 rings (SSSR count). The molecule has 0 aliphatic rings. The molecule has 9 heteroatoms. The van der Waals surface area contributed by atoms with Crippen LogP contribution >= 0.6 is 11.6 Å². The summed E-state index contributed by atoms with van der Waals surface area (Å²) < 4.78 is 36.8. The molecule has 0 atom stereocenters. The van der Waals surface area contributed by atoms with E-state index in [2.05, 4.69) is 14.9 Å². The zero-order valence-corrected chi connectivity index (χ0v) is 14.6. The van der Waals surface area contributed by atoms with Crippen LogP contribution in [0.5, 0.6) is 5.75 Å². The summed E-state index contributed by atoms with van der Waals surface area (Å²) in [6.07, 6.45) is 0. The van der Waals surface area contributed by atoms with Crippen LogP contribution in [0.15, 0.2) is 28.8 Å². The molecule has 0 radical (unpaired) electrons. The average molecular weight is 360 g/mol. The van der Waals surface area contributed by atoms with Crippen molar-refractivity contribution in [2.75, 3.05) is 0 Å². The summed E-state index contributed by atoms with van der Waals surface area (Å²) in [5, 5.41) is 4.31. The summed E-state index contributed by atoms with van der Waals surface area (Å²) in [5.41, 5.74) is -0.570. The Morgan fingerprint density at radius 2 is 1.91 bits per heavy atom. The Kier molecular flexibility index (Phi) is 5.28. The fourth-order valence-electron chi connectivity index (χ4n) is 1.75. The smallest absolute Gasteiger partial charge is 0.243 e. The number of rotatable bonds is 6. The predicted molar refractivity (Wildman–Crippen MR) is 85.6 cm³/mol. The van der Waals surface area contributed by atoms with Crippen LogP contribution in [-0.4, -0.2) is 24.1 Å². The second kappa shape index (κ2) is 6.86. The van der Waals surface area contributed by atoms with E-state index in [-0.39, 0.29) is 24.1 Å². The molecule has 7 nitrogen and oxygen atoms in total. The van der Waals surface area contributed by atoms with Crippen molar-refractivity contribution in [1.82, 2.24) is 14.9 Å². The maximum Gasteiger partial charge on any atom is 0.243 e. The Morgan fingerprint density at radius 3 is 2.52 bits per heavy atom. The molecule has 0 aliphatic heterocycles. The Bertz CT molecular complexity index is 751. The van der Waals surface area contributed by atoms with Crippen LogP contribution in [0.1, 0.15) is 32.5 Å². The van der Waals surface area contributed by atoms with Crippen molar-refractivity contribution in [3.8, 4) is 5.75 Å². The molecular formula is C14H18ClN3O4S. The van der Waals surface area contributed by atoms with E-state index < -0.39 is 15.6 Å². The highest BCUT2D eigenvalue weighted by molar-refractivity contribution is 7.88. The molecule has 0 spiro atoms. The zero-order valence-electron chi connectivity index (χ0n) is 13.0. The lowest BCUT2D eigenvalue weighted by atomic mass is 10.1. The minimum atomic E-state index is -3.55. The largest absolute Gasteiger partial charge is 0.485 e. The fraction of sp³-hybridized carbons (Fsp3) is 0.429. The number of sulfonamides is 1. The summed E-state index contributed by atoms with van der Waals surface area (Å²) in [4.78, 5) is 4.01. The van der Waals surface area contributed by atoms with Gasteiger partial charge in [-0.15, -0.1) is 0 Å². The van der Waals surface area contributed by atoms with E-state index in [1.807, 2.05) is 0 Å². The highest BCUT2D eigenvalue weighted by atomic mass is 35.5. The maximum absolute atomic E-state index is 12.0. The standard InChI is InChI=1S/C14H18ClN3O4S/c1-14(2,3)18-23(19,20)9-13-16-12(17-22-13)8-21-11-6-4-10(15)5-7-11/h4-7,18H,8-9H2,1-3H3. The quantitative estimate of drug-likeness (QED) is 0.851. The van der Waals surface area contributed by atoms with E-state index in [4.69, 9.17) is 20.9 Å². The summed E-state index contributed by atoms with van der Waals surface area (Å²) >= 11 is 5.78. The highest BCUT2D eigenvalue weighted by Crippen LogP contribution is 2.16. The molecule has 126 valence electrons. The first-order valence-corrected chi connectivity index (χ1v) is 8.87. The lowest BCUT2D eigenvalue weighted by Crippen LogP contribution is -2.41. The monoisotopic (exact) mass is 359 g/mol. The Morgan fingerprint density at radius 1 is 1.26 bits per heavy atom. The van der Waals surface area contributed by atoms with E-state index in [1.165, 1.54) is 0 Å². The van der Waals surface area contributed by atoms with Crippen molar-refractivity contribution in [2.45, 2.75) is 38.7 Å². The summed E-state index contributed by atoms with van der Waals surface area (Å²) in [6.45, 7) is 5.33. The van der Waals surface area contributed by atoms with Crippen LogP contribution in [0, 0.1) is 0 Å². The molecule has 1 aromatic heterocycles. The number of ether oxygens (including phenoxy) is 1. The van der Waals surface area contributed by atoms with Crippen molar-refractivity contribution in [2.24, 2.45) is 0 Å². The van der Waals surface area contributed by atoms with Crippen molar-refractivity contribution in [3.05, 3.63) is 41.0 Å². The van der Waals surface area contributed by atoms with Gasteiger partial charge in [-0.25, -0.2) is 13.1 Å². The molecule has 0 unspecified atom stereocenters. The molecular weight excluding hydrogens is 342 g/mol. The molecule has 1 N–H and O–H groups in total. The Labute approximate surface area is 140 Å². The van der Waals surface area contributed by atoms with Crippen LogP contribution in [0.25, 0.3) is 0 Å². The molecule has 1 heterocycles. The van der Waals surface area contributed by atoms with Gasteiger partial charge in [-0.05, 0) is 45.0 Å². The average Bonchev–Trinajstić information content (AvgIpc) is 2.82. The molecule has 0 saturated carbocycles. The van der Waals surface area contributed by atoms with Gasteiger partial charge in [0.1, 0.15) is 11.5 Å². The first kappa shape index (κ1) is 17.7. The first-order valence-electron chi connectivity index (χ1n) is 6.84. The normalized spacial score (nSPS) is 12.3. The van der Waals surface area contributed by atoms with Gasteiger partial charge >= 0.3 is 0 Å². The van der Waals surface area contributed by atoms with Crippen molar-refractivity contribution in [1.29, 1.82) is 0 Å². The van der Waals surface area contributed by atoms with Crippen molar-refractivity contribution in [3.63, 3.8) is 0 Å². The zero-order chi connectivity index (χ0) is 17.1. The third-order valence-electron chi connectivity index (χ3n) is 2.47. The molecule has 0 saturated heterocycles. The van der Waals surface area contributed by atoms with Crippen molar-refractivity contribution < 1.29 is 17.7 Å². The van der Waals surface area contributed by atoms with E-state index in [9.17, 15) is 8.42 Å². The first-order chi connectivity index (χ1) is 10.6. The minimum absolute atomic E-state index is 0.0106. The number of aromatic nitrogens is 2. The van der Waals surface area contributed by atoms with Gasteiger partial charge in [0.25, 0.3) is 0 Å². The van der Waals surface area contributed by atoms with Crippen LogP contribution in [0.4, 0.5) is 0 Å². The lowest BCUT2D eigenvalue weighted by molar-refractivity contribution is 0.285. The number of hydrogen-bond donors (Lipinski definition) is 1. The van der Waals surface area contributed by atoms with E-state index >= 15 is 0 Å². The summed E-state index contributed by atoms with van der Waals surface area (Å²) in [6, 6.07) is 6.81. The van der Waals surface area contributed by atoms with E-state index in [0.29, 0.717) is 10.8 Å². The maximum atomic E-state index is 12.0. The van der Waals surface area contributed by atoms with Gasteiger partial charge in [0.15, 0.2) is 6.61 Å². The number of benzene rings is 1. The molecule has 1 aromatic carbocycles. The van der Waals surface area contributed by atoms with E-state index in [0.717, 1.165) is 0 Å². The predicted octanol–water partition coefficient (Wildman–Crippen LogP) is 2.52. The van der Waals surface area contributed by atoms with Gasteiger partial charge in [-0.2, -0.15) is 4.98 Å². The van der Waals surface area contributed by atoms with Crippen LogP contribution in [0.3, 0.4) is 0 Å². The second-order valence-corrected chi connectivity index (χ2v) is 8.12. The highest BCUT2D eigenvalue weighted by Gasteiger charge is 2.23. The van der Waals surface area contributed by atoms with Gasteiger partial charge in [-0.3, -0.25) is 0 Å². The fourth-order valence-corrected chi connectivity index (χ4v) is 3.32. The molecule has 2 aromatic rings. The van der Waals surface area contributed by atoms with Gasteiger partial charge in [0.05, 0.1) is 0 Å². The molecule has 0 amide bonds. The molecule has 0 fully saturated rings. The third-order valence-corrected chi connectivity index (χ3v) is 4.27. The van der Waals surface area contributed by atoms with Crippen molar-refractivity contribution >= 4 is 21.6 Å². The number of nitrogens with one attached hydrogen (secondary N) is 1. The molecule has 0 aliphatic carbocycles.